The van der Waals surface area contributed by atoms with Crippen molar-refractivity contribution in [1.29, 1.82) is 0 Å². The largest absolute Gasteiger partial charge is 0.304 e. The van der Waals surface area contributed by atoms with Gasteiger partial charge < -0.3 is 5.32 Å². The first kappa shape index (κ1) is 12.8. The first-order valence-corrected chi connectivity index (χ1v) is 6.39. The summed E-state index contributed by atoms with van der Waals surface area (Å²) in [5.41, 5.74) is 3.90. The molecule has 2 heteroatoms. The molecule has 2 atom stereocenters. The smallest absolute Gasteiger partial charge is 0.0298 e. The molecule has 0 spiro atoms. The lowest BCUT2D eigenvalue weighted by molar-refractivity contribution is 0.494. The van der Waals surface area contributed by atoms with E-state index in [0.717, 1.165) is 0 Å². The molecule has 1 aromatic carbocycles. The summed E-state index contributed by atoms with van der Waals surface area (Å²) in [6.07, 6.45) is 3.68. The van der Waals surface area contributed by atoms with Crippen LogP contribution in [0, 0.1) is 6.92 Å². The summed E-state index contributed by atoms with van der Waals surface area (Å²) in [6, 6.07) is 13.4. The average molecular weight is 240 g/mol. The van der Waals surface area contributed by atoms with Gasteiger partial charge in [-0.15, -0.1) is 0 Å². The molecule has 2 rings (SSSR count). The Bertz CT molecular complexity index is 493. The van der Waals surface area contributed by atoms with Gasteiger partial charge in [0.15, 0.2) is 0 Å². The predicted molar refractivity (Wildman–Crippen MR) is 75.4 cm³/mol. The maximum absolute atomic E-state index is 4.05. The van der Waals surface area contributed by atoms with Crippen molar-refractivity contribution in [3.8, 4) is 0 Å². The van der Waals surface area contributed by atoms with Gasteiger partial charge in [-0.3, -0.25) is 4.98 Å². The third-order valence-corrected chi connectivity index (χ3v) is 3.25. The van der Waals surface area contributed by atoms with Gasteiger partial charge in [0.2, 0.25) is 0 Å². The minimum Gasteiger partial charge on any atom is -0.304 e. The molecule has 0 radical (unpaired) electrons. The van der Waals surface area contributed by atoms with Crippen molar-refractivity contribution < 1.29 is 0 Å². The summed E-state index contributed by atoms with van der Waals surface area (Å²) in [4.78, 5) is 4.05. The number of rotatable bonds is 4. The Kier molecular flexibility index (Phi) is 4.11. The van der Waals surface area contributed by atoms with Crippen LogP contribution in [0.3, 0.4) is 0 Å². The SMILES string of the molecule is Cc1cccc(C(C)N[C@H](C)c2ccncc2)c1. The van der Waals surface area contributed by atoms with E-state index >= 15 is 0 Å². The van der Waals surface area contributed by atoms with Gasteiger partial charge in [0, 0.05) is 24.5 Å². The summed E-state index contributed by atoms with van der Waals surface area (Å²) < 4.78 is 0. The fourth-order valence-corrected chi connectivity index (χ4v) is 2.16. The summed E-state index contributed by atoms with van der Waals surface area (Å²) >= 11 is 0. The van der Waals surface area contributed by atoms with E-state index in [2.05, 4.69) is 67.5 Å². The first-order valence-electron chi connectivity index (χ1n) is 6.39. The van der Waals surface area contributed by atoms with Crippen LogP contribution in [0.4, 0.5) is 0 Å². The number of pyridine rings is 1. The van der Waals surface area contributed by atoms with Gasteiger partial charge in [-0.2, -0.15) is 0 Å². The molecule has 0 saturated carbocycles. The molecule has 1 N–H and O–H groups in total. The van der Waals surface area contributed by atoms with Crippen LogP contribution in [0.1, 0.15) is 42.6 Å². The molecule has 2 aromatic rings. The van der Waals surface area contributed by atoms with Crippen molar-refractivity contribution >= 4 is 0 Å². The number of nitrogens with zero attached hydrogens (tertiary/aromatic N) is 1. The van der Waals surface area contributed by atoms with Crippen LogP contribution in [0.5, 0.6) is 0 Å². The molecule has 1 unspecified atom stereocenters. The third kappa shape index (κ3) is 3.17. The second-order valence-corrected chi connectivity index (χ2v) is 4.80. The second-order valence-electron chi connectivity index (χ2n) is 4.80. The van der Waals surface area contributed by atoms with Gasteiger partial charge in [-0.1, -0.05) is 29.8 Å². The van der Waals surface area contributed by atoms with E-state index in [1.807, 2.05) is 12.4 Å². The molecular formula is C16H20N2. The molecule has 1 aromatic heterocycles. The Morgan fingerprint density at radius 3 is 2.28 bits per heavy atom. The molecule has 18 heavy (non-hydrogen) atoms. The van der Waals surface area contributed by atoms with Crippen molar-refractivity contribution in [2.24, 2.45) is 0 Å². The monoisotopic (exact) mass is 240 g/mol. The van der Waals surface area contributed by atoms with Crippen molar-refractivity contribution in [1.82, 2.24) is 10.3 Å². The fraction of sp³-hybridized carbons (Fsp3) is 0.312. The minimum atomic E-state index is 0.323. The zero-order chi connectivity index (χ0) is 13.0. The zero-order valence-corrected chi connectivity index (χ0v) is 11.2. The van der Waals surface area contributed by atoms with E-state index in [-0.39, 0.29) is 0 Å². The molecule has 0 aliphatic heterocycles. The number of nitrogens with one attached hydrogen (secondary N) is 1. The summed E-state index contributed by atoms with van der Waals surface area (Å²) in [6.45, 7) is 6.51. The number of hydrogen-bond donors (Lipinski definition) is 1. The predicted octanol–water partition coefficient (Wildman–Crippen LogP) is 3.80. The molecular weight excluding hydrogens is 220 g/mol. The highest BCUT2D eigenvalue weighted by atomic mass is 14.9. The average Bonchev–Trinajstić information content (AvgIpc) is 2.39. The molecule has 2 nitrogen and oxygen atoms in total. The minimum absolute atomic E-state index is 0.323. The lowest BCUT2D eigenvalue weighted by atomic mass is 10.0. The molecule has 0 amide bonds. The maximum Gasteiger partial charge on any atom is 0.0298 e. The quantitative estimate of drug-likeness (QED) is 0.879. The van der Waals surface area contributed by atoms with Crippen molar-refractivity contribution in [2.45, 2.75) is 32.9 Å². The first-order chi connectivity index (χ1) is 8.66. The molecule has 0 saturated heterocycles. The molecule has 0 fully saturated rings. The van der Waals surface area contributed by atoms with Crippen LogP contribution in [0.25, 0.3) is 0 Å². The third-order valence-electron chi connectivity index (χ3n) is 3.25. The van der Waals surface area contributed by atoms with E-state index in [9.17, 15) is 0 Å². The second kappa shape index (κ2) is 5.78. The van der Waals surface area contributed by atoms with Gasteiger partial charge in [-0.05, 0) is 44.0 Å². The molecule has 94 valence electrons. The van der Waals surface area contributed by atoms with Crippen LogP contribution < -0.4 is 5.32 Å². The highest BCUT2D eigenvalue weighted by Gasteiger charge is 2.10. The van der Waals surface area contributed by atoms with Gasteiger partial charge in [0.1, 0.15) is 0 Å². The van der Waals surface area contributed by atoms with Gasteiger partial charge in [0.05, 0.1) is 0 Å². The van der Waals surface area contributed by atoms with Gasteiger partial charge in [-0.25, -0.2) is 0 Å². The Hall–Kier alpha value is -1.67. The Balaban J connectivity index is 2.05. The van der Waals surface area contributed by atoms with E-state index in [4.69, 9.17) is 0 Å². The van der Waals surface area contributed by atoms with Crippen LogP contribution in [0.2, 0.25) is 0 Å². The number of aryl methyl sites for hydroxylation is 1. The van der Waals surface area contributed by atoms with E-state index in [0.29, 0.717) is 12.1 Å². The molecule has 1 heterocycles. The highest BCUT2D eigenvalue weighted by molar-refractivity contribution is 5.25. The van der Waals surface area contributed by atoms with Crippen LogP contribution >= 0.6 is 0 Å². The fourth-order valence-electron chi connectivity index (χ4n) is 2.16. The molecule has 0 bridgehead atoms. The van der Waals surface area contributed by atoms with Crippen molar-refractivity contribution in [3.05, 3.63) is 65.5 Å². The zero-order valence-electron chi connectivity index (χ0n) is 11.2. The van der Waals surface area contributed by atoms with E-state index < -0.39 is 0 Å². The number of hydrogen-bond acceptors (Lipinski definition) is 2. The lowest BCUT2D eigenvalue weighted by Gasteiger charge is -2.21. The summed E-state index contributed by atoms with van der Waals surface area (Å²) in [7, 11) is 0. The maximum atomic E-state index is 4.05. The summed E-state index contributed by atoms with van der Waals surface area (Å²) in [5, 5.41) is 3.61. The standard InChI is InChI=1S/C16H20N2/c1-12-5-4-6-16(11-12)14(3)18-13(2)15-7-9-17-10-8-15/h4-11,13-14,18H,1-3H3/t13-,14?/m1/s1. The van der Waals surface area contributed by atoms with Gasteiger partial charge in [0.25, 0.3) is 0 Å². The summed E-state index contributed by atoms with van der Waals surface area (Å²) in [5.74, 6) is 0. The van der Waals surface area contributed by atoms with Crippen molar-refractivity contribution in [3.63, 3.8) is 0 Å². The normalized spacial score (nSPS) is 14.2. The lowest BCUT2D eigenvalue weighted by Crippen LogP contribution is -2.22. The Labute approximate surface area is 109 Å². The highest BCUT2D eigenvalue weighted by Crippen LogP contribution is 2.19. The van der Waals surface area contributed by atoms with Crippen LogP contribution in [-0.4, -0.2) is 4.98 Å². The van der Waals surface area contributed by atoms with Crippen molar-refractivity contribution in [2.75, 3.05) is 0 Å². The number of aromatic nitrogens is 1. The van der Waals surface area contributed by atoms with Gasteiger partial charge >= 0.3 is 0 Å². The molecule has 0 aliphatic carbocycles. The van der Waals surface area contributed by atoms with Crippen LogP contribution in [0.15, 0.2) is 48.8 Å². The molecule has 0 aliphatic rings. The van der Waals surface area contributed by atoms with Crippen LogP contribution in [-0.2, 0) is 0 Å². The topological polar surface area (TPSA) is 24.9 Å². The van der Waals surface area contributed by atoms with E-state index in [1.54, 1.807) is 0 Å². The Morgan fingerprint density at radius 1 is 0.944 bits per heavy atom. The van der Waals surface area contributed by atoms with E-state index in [1.165, 1.54) is 16.7 Å². The number of benzene rings is 1. The Morgan fingerprint density at radius 2 is 1.61 bits per heavy atom.